The number of esters is 1. The quantitative estimate of drug-likeness (QED) is 0.255. The van der Waals surface area contributed by atoms with Gasteiger partial charge in [0.2, 0.25) is 11.8 Å². The van der Waals surface area contributed by atoms with Crippen LogP contribution in [0.4, 0.5) is 0 Å². The fourth-order valence-corrected chi connectivity index (χ4v) is 6.19. The van der Waals surface area contributed by atoms with E-state index in [-0.39, 0.29) is 48.9 Å². The summed E-state index contributed by atoms with van der Waals surface area (Å²) in [5.41, 5.74) is 0. The van der Waals surface area contributed by atoms with E-state index in [0.717, 1.165) is 64.2 Å². The summed E-state index contributed by atoms with van der Waals surface area (Å²) in [6.45, 7) is 4.83. The molecule has 7 nitrogen and oxygen atoms in total. The van der Waals surface area contributed by atoms with Crippen LogP contribution in [0.1, 0.15) is 84.5 Å². The minimum atomic E-state index is -0.576. The van der Waals surface area contributed by atoms with Crippen molar-refractivity contribution < 1.29 is 24.2 Å². The lowest BCUT2D eigenvalue weighted by atomic mass is 9.68. The molecule has 0 aromatic carbocycles. The number of ether oxygens (including phenoxy) is 1. The molecule has 3 rings (SSSR count). The first-order valence-corrected chi connectivity index (χ1v) is 13.6. The number of amides is 2. The van der Waals surface area contributed by atoms with Gasteiger partial charge in [0.05, 0.1) is 18.4 Å². The average molecular weight is 477 g/mol. The number of nitrogens with one attached hydrogen (secondary N) is 1. The van der Waals surface area contributed by atoms with Crippen LogP contribution < -0.4 is 5.32 Å². The summed E-state index contributed by atoms with van der Waals surface area (Å²) < 4.78 is 5.42. The lowest BCUT2D eigenvalue weighted by molar-refractivity contribution is -0.155. The molecule has 2 amide bonds. The minimum absolute atomic E-state index is 0.0409. The number of hydrogen-bond acceptors (Lipinski definition) is 5. The van der Waals surface area contributed by atoms with E-state index in [0.29, 0.717) is 6.54 Å². The fraction of sp³-hybridized carbons (Fsp3) is 0.815. The van der Waals surface area contributed by atoms with Gasteiger partial charge in [-0.3, -0.25) is 14.4 Å². The molecule has 5 atom stereocenters. The van der Waals surface area contributed by atoms with Gasteiger partial charge in [-0.05, 0) is 44.9 Å². The summed E-state index contributed by atoms with van der Waals surface area (Å²) in [6, 6.07) is -0.406. The summed E-state index contributed by atoms with van der Waals surface area (Å²) >= 11 is 0. The molecular formula is C27H44N2O5. The Hall–Kier alpha value is -1.89. The van der Waals surface area contributed by atoms with Gasteiger partial charge in [0, 0.05) is 25.1 Å². The number of allylic oxidation sites excluding steroid dienone is 1. The SMILES string of the molecule is CCC[C@@H]1C=C[C@H]2[C@H](C(=O)N(CCCCCCO)[C@@H]2C(=O)NC2CCCCC2)[C@@H]1C(=O)OCC. The number of nitrogens with zero attached hydrogens (tertiary/aromatic N) is 1. The van der Waals surface area contributed by atoms with E-state index in [2.05, 4.69) is 18.3 Å². The van der Waals surface area contributed by atoms with Gasteiger partial charge in [-0.1, -0.05) is 57.6 Å². The van der Waals surface area contributed by atoms with Crippen molar-refractivity contribution in [2.24, 2.45) is 23.7 Å². The first kappa shape index (κ1) is 26.7. The standard InChI is InChI=1S/C27H44N2O5/c1-3-12-19-15-16-21-23(22(19)27(33)34-4-2)26(32)29(17-10-5-6-11-18-30)24(21)25(31)28-20-13-8-7-9-14-20/h15-16,19-24,30H,3-14,17-18H2,1-2H3,(H,28,31)/t19-,21+,22-,23+,24+/m1/s1. The summed E-state index contributed by atoms with van der Waals surface area (Å²) in [5, 5.41) is 12.3. The molecule has 0 aromatic rings. The van der Waals surface area contributed by atoms with Gasteiger partial charge in [-0.15, -0.1) is 0 Å². The van der Waals surface area contributed by atoms with Crippen molar-refractivity contribution in [3.8, 4) is 0 Å². The minimum Gasteiger partial charge on any atom is -0.466 e. The molecule has 192 valence electrons. The molecule has 0 unspecified atom stereocenters. The third kappa shape index (κ3) is 6.21. The Balaban J connectivity index is 1.85. The molecule has 2 aliphatic carbocycles. The third-order valence-electron chi connectivity index (χ3n) is 7.82. The Bertz CT molecular complexity index is 718. The van der Waals surface area contributed by atoms with Crippen molar-refractivity contribution in [2.45, 2.75) is 96.6 Å². The van der Waals surface area contributed by atoms with Crippen molar-refractivity contribution in [3.05, 3.63) is 12.2 Å². The summed E-state index contributed by atoms with van der Waals surface area (Å²) in [4.78, 5) is 42.2. The van der Waals surface area contributed by atoms with Gasteiger partial charge in [-0.2, -0.15) is 0 Å². The van der Waals surface area contributed by atoms with E-state index in [1.165, 1.54) is 6.42 Å². The van der Waals surface area contributed by atoms with E-state index in [9.17, 15) is 14.4 Å². The number of hydrogen-bond donors (Lipinski definition) is 2. The molecule has 1 saturated carbocycles. The van der Waals surface area contributed by atoms with E-state index in [1.807, 2.05) is 6.08 Å². The number of aliphatic hydroxyl groups is 1. The molecule has 0 radical (unpaired) electrons. The number of rotatable bonds is 12. The van der Waals surface area contributed by atoms with Crippen molar-refractivity contribution in [3.63, 3.8) is 0 Å². The predicted molar refractivity (Wildman–Crippen MR) is 131 cm³/mol. The Labute approximate surface area is 204 Å². The number of carbonyl (C=O) groups excluding carboxylic acids is 3. The highest BCUT2D eigenvalue weighted by atomic mass is 16.5. The predicted octanol–water partition coefficient (Wildman–Crippen LogP) is 3.60. The zero-order valence-electron chi connectivity index (χ0n) is 21.0. The Morgan fingerprint density at radius 1 is 1.09 bits per heavy atom. The van der Waals surface area contributed by atoms with Crippen LogP contribution in [0.15, 0.2) is 12.2 Å². The molecule has 0 bridgehead atoms. The molecule has 1 aliphatic heterocycles. The lowest BCUT2D eigenvalue weighted by Crippen LogP contribution is -2.50. The van der Waals surface area contributed by atoms with Crippen molar-refractivity contribution in [1.82, 2.24) is 10.2 Å². The highest BCUT2D eigenvalue weighted by Crippen LogP contribution is 2.45. The normalized spacial score (nSPS) is 29.2. The molecule has 7 heteroatoms. The molecule has 1 heterocycles. The van der Waals surface area contributed by atoms with E-state index in [4.69, 9.17) is 9.84 Å². The van der Waals surface area contributed by atoms with Crippen LogP contribution in [0.3, 0.4) is 0 Å². The second-order valence-electron chi connectivity index (χ2n) is 10.2. The number of carbonyl (C=O) groups is 3. The van der Waals surface area contributed by atoms with Crippen LogP contribution in [0, 0.1) is 23.7 Å². The molecule has 0 aromatic heterocycles. The van der Waals surface area contributed by atoms with E-state index < -0.39 is 17.9 Å². The highest BCUT2D eigenvalue weighted by Gasteiger charge is 2.57. The van der Waals surface area contributed by atoms with Crippen molar-refractivity contribution in [1.29, 1.82) is 0 Å². The van der Waals surface area contributed by atoms with Gasteiger partial charge in [0.1, 0.15) is 6.04 Å². The Kier molecular flexibility index (Phi) is 10.4. The number of aliphatic hydroxyl groups excluding tert-OH is 1. The van der Waals surface area contributed by atoms with Crippen LogP contribution >= 0.6 is 0 Å². The molecule has 0 spiro atoms. The van der Waals surface area contributed by atoms with E-state index in [1.54, 1.807) is 11.8 Å². The largest absolute Gasteiger partial charge is 0.466 e. The van der Waals surface area contributed by atoms with E-state index >= 15 is 0 Å². The summed E-state index contributed by atoms with van der Waals surface area (Å²) in [5.74, 6) is -1.91. The van der Waals surface area contributed by atoms with Crippen LogP contribution in [0.5, 0.6) is 0 Å². The average Bonchev–Trinajstić information content (AvgIpc) is 3.11. The monoisotopic (exact) mass is 476 g/mol. The maximum Gasteiger partial charge on any atom is 0.310 e. The third-order valence-corrected chi connectivity index (χ3v) is 7.82. The van der Waals surface area contributed by atoms with Crippen LogP contribution in [0.2, 0.25) is 0 Å². The van der Waals surface area contributed by atoms with Gasteiger partial charge >= 0.3 is 5.97 Å². The molecular weight excluding hydrogens is 432 g/mol. The van der Waals surface area contributed by atoms with Gasteiger partial charge in [0.25, 0.3) is 0 Å². The topological polar surface area (TPSA) is 95.9 Å². The number of fused-ring (bicyclic) bond motifs is 1. The van der Waals surface area contributed by atoms with Crippen LogP contribution in [-0.2, 0) is 19.1 Å². The smallest absolute Gasteiger partial charge is 0.310 e. The molecule has 1 saturated heterocycles. The molecule has 2 N–H and O–H groups in total. The maximum atomic E-state index is 13.8. The van der Waals surface area contributed by atoms with Crippen molar-refractivity contribution in [2.75, 3.05) is 19.8 Å². The fourth-order valence-electron chi connectivity index (χ4n) is 6.19. The number of unbranched alkanes of at least 4 members (excludes halogenated alkanes) is 3. The molecule has 2 fully saturated rings. The molecule has 3 aliphatic rings. The highest BCUT2D eigenvalue weighted by molar-refractivity contribution is 5.96. The maximum absolute atomic E-state index is 13.8. The van der Waals surface area contributed by atoms with Crippen LogP contribution in [-0.4, -0.2) is 59.6 Å². The van der Waals surface area contributed by atoms with Crippen molar-refractivity contribution >= 4 is 17.8 Å². The van der Waals surface area contributed by atoms with Crippen LogP contribution in [0.25, 0.3) is 0 Å². The van der Waals surface area contributed by atoms with Gasteiger partial charge < -0.3 is 20.1 Å². The summed E-state index contributed by atoms with van der Waals surface area (Å²) in [7, 11) is 0. The Morgan fingerprint density at radius 3 is 2.50 bits per heavy atom. The number of likely N-dealkylation sites (tertiary alicyclic amines) is 1. The second-order valence-corrected chi connectivity index (χ2v) is 10.2. The summed E-state index contributed by atoms with van der Waals surface area (Å²) in [6.07, 6.45) is 14.6. The lowest BCUT2D eigenvalue weighted by Gasteiger charge is -2.34. The van der Waals surface area contributed by atoms with Gasteiger partial charge in [-0.25, -0.2) is 0 Å². The first-order valence-electron chi connectivity index (χ1n) is 13.6. The second kappa shape index (κ2) is 13.3. The zero-order chi connectivity index (χ0) is 24.5. The Morgan fingerprint density at radius 2 is 1.82 bits per heavy atom. The zero-order valence-corrected chi connectivity index (χ0v) is 21.0. The van der Waals surface area contributed by atoms with Gasteiger partial charge in [0.15, 0.2) is 0 Å². The first-order chi connectivity index (χ1) is 16.5. The molecule has 34 heavy (non-hydrogen) atoms.